The molecule has 0 unspecified atom stereocenters. The van der Waals surface area contributed by atoms with E-state index in [1.165, 1.54) is 17.0 Å². The van der Waals surface area contributed by atoms with Crippen molar-refractivity contribution in [1.82, 2.24) is 10.2 Å². The molecule has 12 heteroatoms. The number of halogens is 4. The van der Waals surface area contributed by atoms with Gasteiger partial charge >= 0.3 is 0 Å². The molecular formula is C31H33Cl4N3O4S. The standard InChI is InChI=1S/C31H33Cl4N3O4S/c1-43(41,42)38(28-18-26(34)25(33)17-27(28)35)20-30(39)37(19-22-12-14-23(32)15-13-22)29(16-21-8-4-2-5-9-21)31(40)36-24-10-6-3-7-11-24/h2,4-5,8-9,12-15,17-18,24,29H,3,6-7,10-11,16,19-20H2,1H3,(H,36,40)/t29-/m0/s1. The number of sulfonamides is 1. The van der Waals surface area contributed by atoms with Crippen LogP contribution in [0.4, 0.5) is 5.69 Å². The number of carbonyl (C=O) groups excluding carboxylic acids is 2. The fraction of sp³-hybridized carbons (Fsp3) is 0.355. The van der Waals surface area contributed by atoms with E-state index in [0.717, 1.165) is 53.8 Å². The number of carbonyl (C=O) groups is 2. The average Bonchev–Trinajstić information content (AvgIpc) is 2.97. The number of hydrogen-bond acceptors (Lipinski definition) is 4. The highest BCUT2D eigenvalue weighted by atomic mass is 35.5. The van der Waals surface area contributed by atoms with Gasteiger partial charge in [-0.05, 0) is 48.2 Å². The third kappa shape index (κ3) is 9.25. The van der Waals surface area contributed by atoms with Gasteiger partial charge < -0.3 is 10.2 Å². The first-order valence-electron chi connectivity index (χ1n) is 13.9. The van der Waals surface area contributed by atoms with E-state index in [-0.39, 0.29) is 45.7 Å². The normalized spacial score (nSPS) is 14.6. The van der Waals surface area contributed by atoms with E-state index < -0.39 is 28.5 Å². The van der Waals surface area contributed by atoms with E-state index in [1.54, 1.807) is 24.3 Å². The lowest BCUT2D eigenvalue weighted by molar-refractivity contribution is -0.140. The van der Waals surface area contributed by atoms with Crippen LogP contribution in [0.3, 0.4) is 0 Å². The molecule has 1 saturated carbocycles. The summed E-state index contributed by atoms with van der Waals surface area (Å²) < 4.78 is 26.9. The highest BCUT2D eigenvalue weighted by molar-refractivity contribution is 7.92. The summed E-state index contributed by atoms with van der Waals surface area (Å²) in [7, 11) is -4.02. The Kier molecular flexibility index (Phi) is 11.6. The molecule has 1 aliphatic carbocycles. The summed E-state index contributed by atoms with van der Waals surface area (Å²) in [5.74, 6) is -0.890. The molecule has 3 aromatic rings. The molecule has 1 N–H and O–H groups in total. The van der Waals surface area contributed by atoms with Gasteiger partial charge in [-0.15, -0.1) is 0 Å². The quantitative estimate of drug-likeness (QED) is 0.217. The van der Waals surface area contributed by atoms with Crippen molar-refractivity contribution in [3.05, 3.63) is 97.9 Å². The van der Waals surface area contributed by atoms with Gasteiger partial charge in [0.05, 0.1) is 27.0 Å². The molecule has 1 fully saturated rings. The Labute approximate surface area is 273 Å². The Bertz CT molecular complexity index is 1530. The number of hydrogen-bond donors (Lipinski definition) is 1. The second-order valence-corrected chi connectivity index (χ2v) is 14.2. The zero-order valence-electron chi connectivity index (χ0n) is 23.6. The Morgan fingerprint density at radius 3 is 2.12 bits per heavy atom. The van der Waals surface area contributed by atoms with Crippen molar-refractivity contribution in [2.45, 2.75) is 57.2 Å². The molecule has 0 spiro atoms. The first-order valence-corrected chi connectivity index (χ1v) is 17.3. The molecule has 43 heavy (non-hydrogen) atoms. The van der Waals surface area contributed by atoms with Gasteiger partial charge in [0.15, 0.2) is 0 Å². The summed E-state index contributed by atoms with van der Waals surface area (Å²) >= 11 is 24.8. The smallest absolute Gasteiger partial charge is 0.244 e. The van der Waals surface area contributed by atoms with Crippen LogP contribution in [-0.2, 0) is 32.6 Å². The zero-order valence-corrected chi connectivity index (χ0v) is 27.5. The third-order valence-corrected chi connectivity index (χ3v) is 9.83. The maximum Gasteiger partial charge on any atom is 0.244 e. The Balaban J connectivity index is 1.74. The first kappa shape index (κ1) is 33.4. The van der Waals surface area contributed by atoms with E-state index in [0.29, 0.717) is 5.02 Å². The van der Waals surface area contributed by atoms with E-state index in [9.17, 15) is 18.0 Å². The number of amides is 2. The lowest BCUT2D eigenvalue weighted by atomic mass is 9.94. The SMILES string of the molecule is CS(=O)(=O)N(CC(=O)N(Cc1ccc(Cl)cc1)[C@@H](Cc1ccccc1)C(=O)NC1CCCCC1)c1cc(Cl)c(Cl)cc1Cl. The highest BCUT2D eigenvalue weighted by Crippen LogP contribution is 2.36. The van der Waals surface area contributed by atoms with Crippen molar-refractivity contribution in [2.75, 3.05) is 17.1 Å². The maximum atomic E-state index is 14.2. The molecule has 0 radical (unpaired) electrons. The fourth-order valence-electron chi connectivity index (χ4n) is 5.18. The zero-order chi connectivity index (χ0) is 31.1. The van der Waals surface area contributed by atoms with Gasteiger partial charge in [0, 0.05) is 24.0 Å². The van der Waals surface area contributed by atoms with Crippen molar-refractivity contribution in [2.24, 2.45) is 0 Å². The molecule has 0 aromatic heterocycles. The number of nitrogens with zero attached hydrogens (tertiary/aromatic N) is 2. The maximum absolute atomic E-state index is 14.2. The molecule has 0 saturated heterocycles. The molecule has 0 bridgehead atoms. The number of benzene rings is 3. The lowest BCUT2D eigenvalue weighted by Gasteiger charge is -2.35. The van der Waals surface area contributed by atoms with Gasteiger partial charge in [-0.2, -0.15) is 0 Å². The van der Waals surface area contributed by atoms with Crippen molar-refractivity contribution in [1.29, 1.82) is 0 Å². The van der Waals surface area contributed by atoms with Crippen LogP contribution in [0.2, 0.25) is 20.1 Å². The Morgan fingerprint density at radius 1 is 0.860 bits per heavy atom. The lowest BCUT2D eigenvalue weighted by Crippen LogP contribution is -2.55. The van der Waals surface area contributed by atoms with Crippen molar-refractivity contribution < 1.29 is 18.0 Å². The van der Waals surface area contributed by atoms with Crippen LogP contribution in [0.15, 0.2) is 66.7 Å². The third-order valence-electron chi connectivity index (χ3n) is 7.43. The summed E-state index contributed by atoms with van der Waals surface area (Å²) in [4.78, 5) is 29.7. The molecule has 0 heterocycles. The molecule has 1 atom stereocenters. The molecule has 230 valence electrons. The Hall–Kier alpha value is -2.49. The highest BCUT2D eigenvalue weighted by Gasteiger charge is 2.34. The van der Waals surface area contributed by atoms with Crippen molar-refractivity contribution >= 4 is 73.9 Å². The van der Waals surface area contributed by atoms with Crippen LogP contribution in [0.1, 0.15) is 43.2 Å². The van der Waals surface area contributed by atoms with E-state index in [4.69, 9.17) is 46.4 Å². The number of rotatable bonds is 11. The summed E-state index contributed by atoms with van der Waals surface area (Å²) in [5, 5.41) is 3.92. The minimum absolute atomic E-state index is 0.00428. The van der Waals surface area contributed by atoms with Gasteiger partial charge in [0.25, 0.3) is 0 Å². The van der Waals surface area contributed by atoms with Gasteiger partial charge in [0.1, 0.15) is 12.6 Å². The summed E-state index contributed by atoms with van der Waals surface area (Å²) in [5.41, 5.74) is 1.58. The van der Waals surface area contributed by atoms with Crippen LogP contribution < -0.4 is 9.62 Å². The average molecular weight is 686 g/mol. The summed E-state index contributed by atoms with van der Waals surface area (Å²) in [6.07, 6.45) is 6.11. The van der Waals surface area contributed by atoms with Crippen LogP contribution in [0.5, 0.6) is 0 Å². The topological polar surface area (TPSA) is 86.8 Å². The second-order valence-electron chi connectivity index (χ2n) is 10.7. The van der Waals surface area contributed by atoms with E-state index in [2.05, 4.69) is 5.32 Å². The second kappa shape index (κ2) is 15.0. The van der Waals surface area contributed by atoms with E-state index >= 15 is 0 Å². The molecule has 3 aromatic carbocycles. The number of anilines is 1. The van der Waals surface area contributed by atoms with Crippen LogP contribution in [0.25, 0.3) is 0 Å². The Morgan fingerprint density at radius 2 is 1.49 bits per heavy atom. The van der Waals surface area contributed by atoms with Crippen molar-refractivity contribution in [3.8, 4) is 0 Å². The van der Waals surface area contributed by atoms with Gasteiger partial charge in [0.2, 0.25) is 21.8 Å². The largest absolute Gasteiger partial charge is 0.352 e. The van der Waals surface area contributed by atoms with Crippen LogP contribution >= 0.6 is 46.4 Å². The molecule has 0 aliphatic heterocycles. The minimum atomic E-state index is -4.02. The first-order chi connectivity index (χ1) is 20.4. The summed E-state index contributed by atoms with van der Waals surface area (Å²) in [6.45, 7) is -0.579. The van der Waals surface area contributed by atoms with E-state index in [1.807, 2.05) is 30.3 Å². The monoisotopic (exact) mass is 683 g/mol. The minimum Gasteiger partial charge on any atom is -0.352 e. The van der Waals surface area contributed by atoms with Gasteiger partial charge in [-0.25, -0.2) is 8.42 Å². The molecular weight excluding hydrogens is 652 g/mol. The predicted octanol–water partition coefficient (Wildman–Crippen LogP) is 7.16. The predicted molar refractivity (Wildman–Crippen MR) is 175 cm³/mol. The molecule has 2 amide bonds. The van der Waals surface area contributed by atoms with Gasteiger partial charge in [-0.1, -0.05) is 108 Å². The number of nitrogens with one attached hydrogen (secondary N) is 1. The van der Waals surface area contributed by atoms with Crippen molar-refractivity contribution in [3.63, 3.8) is 0 Å². The van der Waals surface area contributed by atoms with Crippen LogP contribution in [0, 0.1) is 0 Å². The summed E-state index contributed by atoms with van der Waals surface area (Å²) in [6, 6.07) is 18.0. The molecule has 4 rings (SSSR count). The van der Waals surface area contributed by atoms with Gasteiger partial charge in [-0.3, -0.25) is 13.9 Å². The molecule has 7 nitrogen and oxygen atoms in total. The fourth-order valence-corrected chi connectivity index (χ4v) is 6.86. The molecule has 1 aliphatic rings. The van der Waals surface area contributed by atoms with Crippen LogP contribution in [-0.4, -0.2) is 50.0 Å².